The maximum absolute atomic E-state index is 4.79. The van der Waals surface area contributed by atoms with Crippen molar-refractivity contribution in [3.8, 4) is 0 Å². The molecular weight excluding hydrogens is 318 g/mol. The topological polar surface area (TPSA) is 58.5 Å². The average Bonchev–Trinajstić information content (AvgIpc) is 3.02. The SMILES string of the molecule is Cn1c(C2Cc3nc[nH]c3CN2)nc2cc(Br)ccc21. The summed E-state index contributed by atoms with van der Waals surface area (Å²) in [5, 5.41) is 3.53. The van der Waals surface area contributed by atoms with E-state index in [0.717, 1.165) is 40.0 Å². The molecule has 0 saturated heterocycles. The molecule has 1 aromatic carbocycles. The molecule has 5 nitrogen and oxygen atoms in total. The summed E-state index contributed by atoms with van der Waals surface area (Å²) >= 11 is 3.50. The third-order valence-corrected chi connectivity index (χ3v) is 4.41. The number of H-pyrrole nitrogens is 1. The van der Waals surface area contributed by atoms with Crippen LogP contribution in [0.1, 0.15) is 23.3 Å². The summed E-state index contributed by atoms with van der Waals surface area (Å²) in [7, 11) is 2.07. The summed E-state index contributed by atoms with van der Waals surface area (Å²) in [6.45, 7) is 0.812. The van der Waals surface area contributed by atoms with Crippen molar-refractivity contribution in [3.05, 3.63) is 46.2 Å². The second-order valence-corrected chi connectivity index (χ2v) is 6.04. The van der Waals surface area contributed by atoms with E-state index in [-0.39, 0.29) is 6.04 Å². The lowest BCUT2D eigenvalue weighted by molar-refractivity contribution is 0.459. The maximum Gasteiger partial charge on any atom is 0.127 e. The standard InChI is InChI=1S/C14H14BrN5/c1-20-13-3-2-8(15)4-10(13)19-14(20)11-5-9-12(6-16-11)18-7-17-9/h2-4,7,11,16H,5-6H2,1H3,(H,17,18). The van der Waals surface area contributed by atoms with E-state index in [1.165, 1.54) is 5.69 Å². The number of nitrogens with zero attached hydrogens (tertiary/aromatic N) is 3. The first-order valence-electron chi connectivity index (χ1n) is 6.59. The number of fused-ring (bicyclic) bond motifs is 2. The van der Waals surface area contributed by atoms with Gasteiger partial charge in [0.2, 0.25) is 0 Å². The fourth-order valence-electron chi connectivity index (χ4n) is 2.85. The number of nitrogens with one attached hydrogen (secondary N) is 2. The first-order chi connectivity index (χ1) is 9.72. The molecule has 0 bridgehead atoms. The smallest absolute Gasteiger partial charge is 0.127 e. The van der Waals surface area contributed by atoms with Gasteiger partial charge >= 0.3 is 0 Å². The number of aryl methyl sites for hydroxylation is 1. The summed E-state index contributed by atoms with van der Waals surface area (Å²) in [6.07, 6.45) is 2.64. The number of aromatic nitrogens is 4. The molecule has 1 unspecified atom stereocenters. The van der Waals surface area contributed by atoms with E-state index < -0.39 is 0 Å². The Morgan fingerprint density at radius 2 is 2.30 bits per heavy atom. The third kappa shape index (κ3) is 1.79. The van der Waals surface area contributed by atoms with Crippen molar-refractivity contribution < 1.29 is 0 Å². The molecule has 2 aromatic heterocycles. The predicted molar refractivity (Wildman–Crippen MR) is 80.3 cm³/mol. The maximum atomic E-state index is 4.79. The van der Waals surface area contributed by atoms with Gasteiger partial charge in [0.05, 0.1) is 34.8 Å². The van der Waals surface area contributed by atoms with Crippen LogP contribution in [0, 0.1) is 0 Å². The molecule has 0 fully saturated rings. The lowest BCUT2D eigenvalue weighted by Gasteiger charge is -2.22. The minimum Gasteiger partial charge on any atom is -0.347 e. The number of rotatable bonds is 1. The van der Waals surface area contributed by atoms with Gasteiger partial charge in [-0.25, -0.2) is 9.97 Å². The number of aromatic amines is 1. The molecule has 1 atom stereocenters. The number of imidazole rings is 2. The molecule has 2 N–H and O–H groups in total. The van der Waals surface area contributed by atoms with Crippen LogP contribution in [-0.4, -0.2) is 19.5 Å². The van der Waals surface area contributed by atoms with Gasteiger partial charge in [0.15, 0.2) is 0 Å². The van der Waals surface area contributed by atoms with Gasteiger partial charge in [-0.2, -0.15) is 0 Å². The molecule has 1 aliphatic heterocycles. The van der Waals surface area contributed by atoms with Crippen molar-refractivity contribution in [2.45, 2.75) is 19.0 Å². The molecule has 0 spiro atoms. The molecule has 0 amide bonds. The molecular formula is C14H14BrN5. The van der Waals surface area contributed by atoms with E-state index in [1.54, 1.807) is 6.33 Å². The van der Waals surface area contributed by atoms with Crippen LogP contribution in [-0.2, 0) is 20.0 Å². The zero-order valence-electron chi connectivity index (χ0n) is 11.0. The van der Waals surface area contributed by atoms with Gasteiger partial charge in [0, 0.05) is 24.5 Å². The highest BCUT2D eigenvalue weighted by Crippen LogP contribution is 2.27. The second kappa shape index (κ2) is 4.43. The van der Waals surface area contributed by atoms with Crippen LogP contribution in [0.15, 0.2) is 29.0 Å². The zero-order valence-corrected chi connectivity index (χ0v) is 12.6. The molecule has 6 heteroatoms. The Labute approximate surface area is 124 Å². The minimum atomic E-state index is 0.210. The minimum absolute atomic E-state index is 0.210. The van der Waals surface area contributed by atoms with Gasteiger partial charge in [-0.05, 0) is 18.2 Å². The molecule has 20 heavy (non-hydrogen) atoms. The molecule has 102 valence electrons. The lowest BCUT2D eigenvalue weighted by Crippen LogP contribution is -2.30. The van der Waals surface area contributed by atoms with Crippen LogP contribution < -0.4 is 5.32 Å². The van der Waals surface area contributed by atoms with Crippen molar-refractivity contribution in [1.82, 2.24) is 24.8 Å². The second-order valence-electron chi connectivity index (χ2n) is 5.13. The van der Waals surface area contributed by atoms with E-state index in [4.69, 9.17) is 4.98 Å². The van der Waals surface area contributed by atoms with Gasteiger partial charge in [-0.1, -0.05) is 15.9 Å². The molecule has 1 aliphatic rings. The largest absolute Gasteiger partial charge is 0.347 e. The molecule has 0 radical (unpaired) electrons. The molecule has 4 rings (SSSR count). The Kier molecular flexibility index (Phi) is 2.68. The van der Waals surface area contributed by atoms with Gasteiger partial charge in [0.1, 0.15) is 5.82 Å². The number of halogens is 1. The number of hydrogen-bond donors (Lipinski definition) is 2. The number of hydrogen-bond acceptors (Lipinski definition) is 3. The lowest BCUT2D eigenvalue weighted by atomic mass is 10.1. The van der Waals surface area contributed by atoms with E-state index in [2.05, 4.69) is 55.0 Å². The van der Waals surface area contributed by atoms with Gasteiger partial charge < -0.3 is 14.9 Å². The summed E-state index contributed by atoms with van der Waals surface area (Å²) in [6, 6.07) is 6.41. The van der Waals surface area contributed by atoms with E-state index >= 15 is 0 Å². The average molecular weight is 332 g/mol. The zero-order chi connectivity index (χ0) is 13.7. The molecule has 3 heterocycles. The van der Waals surface area contributed by atoms with Crippen LogP contribution in [0.4, 0.5) is 0 Å². The van der Waals surface area contributed by atoms with Gasteiger partial charge in [-0.15, -0.1) is 0 Å². The van der Waals surface area contributed by atoms with Crippen LogP contribution in [0.5, 0.6) is 0 Å². The van der Waals surface area contributed by atoms with Gasteiger partial charge in [0.25, 0.3) is 0 Å². The van der Waals surface area contributed by atoms with Crippen LogP contribution in [0.25, 0.3) is 11.0 Å². The highest BCUT2D eigenvalue weighted by atomic mass is 79.9. The third-order valence-electron chi connectivity index (χ3n) is 3.92. The van der Waals surface area contributed by atoms with Crippen molar-refractivity contribution in [2.24, 2.45) is 7.05 Å². The monoisotopic (exact) mass is 331 g/mol. The highest BCUT2D eigenvalue weighted by Gasteiger charge is 2.25. The molecule has 3 aromatic rings. The van der Waals surface area contributed by atoms with Crippen LogP contribution in [0.3, 0.4) is 0 Å². The highest BCUT2D eigenvalue weighted by molar-refractivity contribution is 9.10. The van der Waals surface area contributed by atoms with Crippen molar-refractivity contribution >= 4 is 27.0 Å². The van der Waals surface area contributed by atoms with E-state index in [1.807, 2.05) is 6.07 Å². The fourth-order valence-corrected chi connectivity index (χ4v) is 3.20. The van der Waals surface area contributed by atoms with Crippen molar-refractivity contribution in [1.29, 1.82) is 0 Å². The molecule has 0 saturated carbocycles. The normalized spacial score (nSPS) is 18.4. The Bertz CT molecular complexity index is 788. The van der Waals surface area contributed by atoms with E-state index in [9.17, 15) is 0 Å². The summed E-state index contributed by atoms with van der Waals surface area (Å²) < 4.78 is 3.22. The quantitative estimate of drug-likeness (QED) is 0.720. The summed E-state index contributed by atoms with van der Waals surface area (Å²) in [4.78, 5) is 12.3. The first kappa shape index (κ1) is 12.1. The fraction of sp³-hybridized carbons (Fsp3) is 0.286. The predicted octanol–water partition coefficient (Wildman–Crippen LogP) is 2.45. The summed E-state index contributed by atoms with van der Waals surface area (Å²) in [5.41, 5.74) is 4.49. The number of benzene rings is 1. The van der Waals surface area contributed by atoms with Crippen molar-refractivity contribution in [3.63, 3.8) is 0 Å². The van der Waals surface area contributed by atoms with Gasteiger partial charge in [-0.3, -0.25) is 0 Å². The van der Waals surface area contributed by atoms with Crippen LogP contribution >= 0.6 is 15.9 Å². The van der Waals surface area contributed by atoms with E-state index in [0.29, 0.717) is 0 Å². The Morgan fingerprint density at radius 1 is 1.40 bits per heavy atom. The Hall–Kier alpha value is -1.66. The Balaban J connectivity index is 1.78. The Morgan fingerprint density at radius 3 is 3.20 bits per heavy atom. The summed E-state index contributed by atoms with van der Waals surface area (Å²) in [5.74, 6) is 1.06. The van der Waals surface area contributed by atoms with Crippen molar-refractivity contribution in [2.75, 3.05) is 0 Å². The first-order valence-corrected chi connectivity index (χ1v) is 7.38. The van der Waals surface area contributed by atoms with Crippen LogP contribution in [0.2, 0.25) is 0 Å². The molecule has 0 aliphatic carbocycles.